The van der Waals surface area contributed by atoms with Crippen LogP contribution in [0.25, 0.3) is 10.9 Å². The van der Waals surface area contributed by atoms with Gasteiger partial charge in [-0.2, -0.15) is 0 Å². The standard InChI is InChI=1S/C29H36FN3O3/c1-4-7-26(35)32-14-12-29(13-15-32)19-33(17-20-8-5-6-9-23(20)30)25(18-34)28-27(29)22-11-10-21(36-3)16-24(22)31(28)2/h5-6,8-11,16,25,34H,4,7,12-15,17-19H2,1-3H3/t25-/m1/s1. The van der Waals surface area contributed by atoms with Gasteiger partial charge in [-0.15, -0.1) is 0 Å². The Bertz CT molecular complexity index is 1260. The highest BCUT2D eigenvalue weighted by Crippen LogP contribution is 2.50. The van der Waals surface area contributed by atoms with Crippen molar-refractivity contribution < 1.29 is 19.0 Å². The van der Waals surface area contributed by atoms with Crippen molar-refractivity contribution in [3.63, 3.8) is 0 Å². The number of rotatable bonds is 6. The van der Waals surface area contributed by atoms with Gasteiger partial charge in [0.2, 0.25) is 5.91 Å². The number of carbonyl (C=O) groups excluding carboxylic acids is 1. The molecule has 1 aromatic heterocycles. The third kappa shape index (κ3) is 4.08. The largest absolute Gasteiger partial charge is 0.497 e. The SMILES string of the molecule is CCCC(=O)N1CCC2(CC1)CN(Cc1ccccc1F)[C@H](CO)c1c2c2ccc(OC)cc2n1C. The average Bonchev–Trinajstić information content (AvgIpc) is 3.19. The Morgan fingerprint density at radius 1 is 1.19 bits per heavy atom. The summed E-state index contributed by atoms with van der Waals surface area (Å²) in [6.07, 6.45) is 3.11. The fourth-order valence-electron chi connectivity index (χ4n) is 6.44. The predicted molar refractivity (Wildman–Crippen MR) is 139 cm³/mol. The summed E-state index contributed by atoms with van der Waals surface area (Å²) in [6, 6.07) is 12.8. The molecule has 3 heterocycles. The van der Waals surface area contributed by atoms with Crippen LogP contribution in [0.3, 0.4) is 0 Å². The summed E-state index contributed by atoms with van der Waals surface area (Å²) < 4.78 is 22.4. The van der Waals surface area contributed by atoms with Crippen molar-refractivity contribution >= 4 is 16.8 Å². The van der Waals surface area contributed by atoms with E-state index in [2.05, 4.69) is 21.6 Å². The molecule has 0 aliphatic carbocycles. The van der Waals surface area contributed by atoms with E-state index in [0.717, 1.165) is 36.2 Å². The summed E-state index contributed by atoms with van der Waals surface area (Å²) in [4.78, 5) is 16.9. The molecule has 1 atom stereocenters. The number of benzene rings is 2. The summed E-state index contributed by atoms with van der Waals surface area (Å²) in [5.41, 5.74) is 3.86. The van der Waals surface area contributed by atoms with Crippen molar-refractivity contribution in [2.75, 3.05) is 33.4 Å². The highest BCUT2D eigenvalue weighted by molar-refractivity contribution is 5.88. The highest BCUT2D eigenvalue weighted by Gasteiger charge is 2.48. The lowest BCUT2D eigenvalue weighted by molar-refractivity contribution is -0.133. The first kappa shape index (κ1) is 24.8. The molecule has 2 aliphatic rings. The fourth-order valence-corrected chi connectivity index (χ4v) is 6.44. The van der Waals surface area contributed by atoms with Crippen LogP contribution < -0.4 is 4.74 Å². The van der Waals surface area contributed by atoms with Crippen molar-refractivity contribution in [2.24, 2.45) is 7.05 Å². The molecule has 5 rings (SSSR count). The Morgan fingerprint density at radius 2 is 1.94 bits per heavy atom. The van der Waals surface area contributed by atoms with E-state index < -0.39 is 0 Å². The summed E-state index contributed by atoms with van der Waals surface area (Å²) in [5, 5.41) is 11.8. The number of likely N-dealkylation sites (tertiary alicyclic amines) is 1. The van der Waals surface area contributed by atoms with Crippen LogP contribution in [0.5, 0.6) is 5.75 Å². The van der Waals surface area contributed by atoms with E-state index in [1.54, 1.807) is 13.2 Å². The number of hydrogen-bond acceptors (Lipinski definition) is 4. The highest BCUT2D eigenvalue weighted by atomic mass is 19.1. The number of aliphatic hydroxyl groups is 1. The minimum Gasteiger partial charge on any atom is -0.497 e. The minimum atomic E-state index is -0.256. The smallest absolute Gasteiger partial charge is 0.222 e. The number of halogens is 1. The molecule has 1 fully saturated rings. The Kier molecular flexibility index (Phi) is 6.79. The number of fused-ring (bicyclic) bond motifs is 4. The lowest BCUT2D eigenvalue weighted by Crippen LogP contribution is -2.54. The Labute approximate surface area is 212 Å². The Morgan fingerprint density at radius 3 is 2.61 bits per heavy atom. The van der Waals surface area contributed by atoms with Gasteiger partial charge < -0.3 is 19.3 Å². The lowest BCUT2D eigenvalue weighted by Gasteiger charge is -2.50. The molecule has 0 saturated carbocycles. The van der Waals surface area contributed by atoms with Crippen molar-refractivity contribution in [3.05, 3.63) is 65.1 Å². The van der Waals surface area contributed by atoms with Gasteiger partial charge in [0.05, 0.1) is 25.3 Å². The molecule has 1 amide bonds. The first-order valence-corrected chi connectivity index (χ1v) is 13.0. The van der Waals surface area contributed by atoms with Gasteiger partial charge in [-0.05, 0) is 43.0 Å². The summed E-state index contributed by atoms with van der Waals surface area (Å²) in [6.45, 7) is 4.53. The van der Waals surface area contributed by atoms with E-state index >= 15 is 0 Å². The molecule has 192 valence electrons. The van der Waals surface area contributed by atoms with Crippen molar-refractivity contribution in [2.45, 2.75) is 50.6 Å². The topological polar surface area (TPSA) is 57.9 Å². The van der Waals surface area contributed by atoms with Crippen LogP contribution in [0.1, 0.15) is 55.5 Å². The number of carbonyl (C=O) groups is 1. The van der Waals surface area contributed by atoms with Crippen LogP contribution in [0.15, 0.2) is 42.5 Å². The molecule has 0 bridgehead atoms. The number of amides is 1. The molecule has 36 heavy (non-hydrogen) atoms. The molecule has 3 aromatic rings. The maximum atomic E-state index is 14.7. The van der Waals surface area contributed by atoms with Gasteiger partial charge >= 0.3 is 0 Å². The normalized spacial score (nSPS) is 19.6. The quantitative estimate of drug-likeness (QED) is 0.548. The van der Waals surface area contributed by atoms with Crippen LogP contribution in [0.2, 0.25) is 0 Å². The predicted octanol–water partition coefficient (Wildman–Crippen LogP) is 4.54. The van der Waals surface area contributed by atoms with Gasteiger partial charge in [-0.3, -0.25) is 9.69 Å². The summed E-state index contributed by atoms with van der Waals surface area (Å²) in [5.74, 6) is 0.788. The summed E-state index contributed by atoms with van der Waals surface area (Å²) in [7, 11) is 3.71. The van der Waals surface area contributed by atoms with Gasteiger partial charge in [-0.1, -0.05) is 25.1 Å². The second-order valence-electron chi connectivity index (χ2n) is 10.3. The first-order chi connectivity index (χ1) is 17.4. The van der Waals surface area contributed by atoms with E-state index in [0.29, 0.717) is 38.2 Å². The van der Waals surface area contributed by atoms with E-state index in [9.17, 15) is 14.3 Å². The van der Waals surface area contributed by atoms with Crippen LogP contribution in [0, 0.1) is 5.82 Å². The molecular weight excluding hydrogens is 457 g/mol. The van der Waals surface area contributed by atoms with E-state index in [4.69, 9.17) is 4.74 Å². The number of nitrogens with zero attached hydrogens (tertiary/aromatic N) is 3. The molecular formula is C29H36FN3O3. The number of methoxy groups -OCH3 is 1. The number of aromatic nitrogens is 1. The molecule has 1 N–H and O–H groups in total. The van der Waals surface area contributed by atoms with Gasteiger partial charge in [0, 0.05) is 67.8 Å². The maximum Gasteiger partial charge on any atom is 0.222 e. The third-order valence-electron chi connectivity index (χ3n) is 8.29. The first-order valence-electron chi connectivity index (χ1n) is 13.0. The van der Waals surface area contributed by atoms with Crippen LogP contribution >= 0.6 is 0 Å². The monoisotopic (exact) mass is 493 g/mol. The van der Waals surface area contributed by atoms with Crippen LogP contribution in [-0.2, 0) is 23.8 Å². The zero-order valence-electron chi connectivity index (χ0n) is 21.5. The molecule has 2 aliphatic heterocycles. The molecule has 0 unspecified atom stereocenters. The van der Waals surface area contributed by atoms with E-state index in [1.165, 1.54) is 17.0 Å². The van der Waals surface area contributed by atoms with E-state index in [-0.39, 0.29) is 29.8 Å². The molecule has 6 nitrogen and oxygen atoms in total. The second kappa shape index (κ2) is 9.87. The number of piperidine rings is 1. The third-order valence-corrected chi connectivity index (χ3v) is 8.29. The van der Waals surface area contributed by atoms with Crippen molar-refractivity contribution in [1.82, 2.24) is 14.4 Å². The second-order valence-corrected chi connectivity index (χ2v) is 10.3. The Balaban J connectivity index is 1.62. The van der Waals surface area contributed by atoms with Gasteiger partial charge in [0.1, 0.15) is 11.6 Å². The zero-order valence-corrected chi connectivity index (χ0v) is 21.5. The lowest BCUT2D eigenvalue weighted by atomic mass is 9.68. The van der Waals surface area contributed by atoms with Crippen LogP contribution in [-0.4, -0.2) is 58.7 Å². The van der Waals surface area contributed by atoms with Gasteiger partial charge in [-0.25, -0.2) is 4.39 Å². The van der Waals surface area contributed by atoms with Crippen LogP contribution in [0.4, 0.5) is 4.39 Å². The number of hydrogen-bond donors (Lipinski definition) is 1. The van der Waals surface area contributed by atoms with E-state index in [1.807, 2.05) is 37.1 Å². The molecule has 2 aromatic carbocycles. The maximum absolute atomic E-state index is 14.7. The molecule has 0 radical (unpaired) electrons. The average molecular weight is 494 g/mol. The molecule has 7 heteroatoms. The summed E-state index contributed by atoms with van der Waals surface area (Å²) >= 11 is 0. The minimum absolute atomic E-state index is 0.0556. The Hall–Kier alpha value is -2.90. The van der Waals surface area contributed by atoms with Gasteiger partial charge in [0.15, 0.2) is 0 Å². The van der Waals surface area contributed by atoms with Crippen molar-refractivity contribution in [1.29, 1.82) is 0 Å². The van der Waals surface area contributed by atoms with Crippen molar-refractivity contribution in [3.8, 4) is 5.75 Å². The number of ether oxygens (including phenoxy) is 1. The zero-order chi connectivity index (χ0) is 25.4. The number of aryl methyl sites for hydroxylation is 1. The van der Waals surface area contributed by atoms with Gasteiger partial charge in [0.25, 0.3) is 0 Å². The fraction of sp³-hybridized carbons (Fsp3) is 0.483. The molecule has 1 saturated heterocycles. The number of aliphatic hydroxyl groups excluding tert-OH is 1. The molecule has 1 spiro atoms.